The van der Waals surface area contributed by atoms with E-state index in [1.165, 1.54) is 0 Å². The molecule has 1 aromatic rings. The maximum atomic E-state index is 10.6. The summed E-state index contributed by atoms with van der Waals surface area (Å²) in [5, 5.41) is 13.4. The molecule has 0 aromatic heterocycles. The van der Waals surface area contributed by atoms with E-state index in [-0.39, 0.29) is 5.69 Å². The normalized spacial score (nSPS) is 9.69. The Kier molecular flexibility index (Phi) is 2.56. The molecule has 0 atom stereocenters. The summed E-state index contributed by atoms with van der Waals surface area (Å²) in [6.07, 6.45) is 0. The standard InChI is InChI=1S/C8H9BN2O2/c1-5-3-6(9)4-7(10-2)8(5)11(12)13/h3-4,10H,1-2H3. The molecule has 0 amide bonds. The fraction of sp³-hybridized carbons (Fsp3) is 0.250. The van der Waals surface area contributed by atoms with Crippen molar-refractivity contribution in [2.45, 2.75) is 6.92 Å². The highest BCUT2D eigenvalue weighted by Gasteiger charge is 2.16. The highest BCUT2D eigenvalue weighted by Crippen LogP contribution is 2.25. The molecule has 0 saturated carbocycles. The molecular weight excluding hydrogens is 167 g/mol. The number of hydrogen-bond acceptors (Lipinski definition) is 3. The van der Waals surface area contributed by atoms with Crippen LogP contribution >= 0.6 is 0 Å². The first-order valence-corrected chi connectivity index (χ1v) is 3.78. The lowest BCUT2D eigenvalue weighted by molar-refractivity contribution is -0.384. The van der Waals surface area contributed by atoms with Crippen molar-refractivity contribution in [3.8, 4) is 0 Å². The average Bonchev–Trinajstić information content (AvgIpc) is 2.01. The molecule has 1 aromatic carbocycles. The second-order valence-corrected chi connectivity index (χ2v) is 2.74. The summed E-state index contributed by atoms with van der Waals surface area (Å²) in [5.41, 5.74) is 1.61. The minimum absolute atomic E-state index is 0.0803. The van der Waals surface area contributed by atoms with E-state index in [1.54, 1.807) is 26.1 Å². The Labute approximate surface area is 77.5 Å². The number of benzene rings is 1. The molecule has 2 radical (unpaired) electrons. The number of nitrogens with one attached hydrogen (secondary N) is 1. The lowest BCUT2D eigenvalue weighted by Crippen LogP contribution is -2.08. The van der Waals surface area contributed by atoms with E-state index < -0.39 is 4.92 Å². The lowest BCUT2D eigenvalue weighted by atomic mass is 9.93. The van der Waals surface area contributed by atoms with Gasteiger partial charge in [-0.2, -0.15) is 0 Å². The van der Waals surface area contributed by atoms with Crippen molar-refractivity contribution >= 4 is 24.7 Å². The molecule has 66 valence electrons. The molecule has 0 unspecified atom stereocenters. The van der Waals surface area contributed by atoms with Gasteiger partial charge in [-0.3, -0.25) is 10.1 Å². The summed E-state index contributed by atoms with van der Waals surface area (Å²) >= 11 is 0. The highest BCUT2D eigenvalue weighted by atomic mass is 16.6. The number of nitro groups is 1. The van der Waals surface area contributed by atoms with Crippen molar-refractivity contribution < 1.29 is 4.92 Å². The largest absolute Gasteiger partial charge is 0.383 e. The van der Waals surface area contributed by atoms with Gasteiger partial charge in [0.2, 0.25) is 0 Å². The molecule has 0 aliphatic carbocycles. The number of nitrogens with zero attached hydrogens (tertiary/aromatic N) is 1. The first kappa shape index (κ1) is 9.57. The van der Waals surface area contributed by atoms with E-state index in [9.17, 15) is 10.1 Å². The van der Waals surface area contributed by atoms with Crippen molar-refractivity contribution in [2.75, 3.05) is 12.4 Å². The molecule has 5 heteroatoms. The number of rotatable bonds is 2. The molecule has 0 aliphatic rings. The van der Waals surface area contributed by atoms with E-state index >= 15 is 0 Å². The van der Waals surface area contributed by atoms with Gasteiger partial charge < -0.3 is 5.32 Å². The van der Waals surface area contributed by atoms with Crippen LogP contribution in [-0.2, 0) is 0 Å². The van der Waals surface area contributed by atoms with Crippen LogP contribution in [0, 0.1) is 17.0 Å². The minimum Gasteiger partial charge on any atom is -0.383 e. The van der Waals surface area contributed by atoms with E-state index in [2.05, 4.69) is 5.32 Å². The third kappa shape index (κ3) is 1.80. The Morgan fingerprint density at radius 3 is 2.62 bits per heavy atom. The topological polar surface area (TPSA) is 55.2 Å². The van der Waals surface area contributed by atoms with Crippen LogP contribution in [0.5, 0.6) is 0 Å². The van der Waals surface area contributed by atoms with Crippen molar-refractivity contribution in [1.82, 2.24) is 0 Å². The van der Waals surface area contributed by atoms with Crippen LogP contribution < -0.4 is 10.8 Å². The van der Waals surface area contributed by atoms with Gasteiger partial charge in [0.1, 0.15) is 13.5 Å². The number of hydrogen-bond donors (Lipinski definition) is 1. The molecular formula is C8H9BN2O2. The summed E-state index contributed by atoms with van der Waals surface area (Å²) in [6.45, 7) is 1.66. The lowest BCUT2D eigenvalue weighted by Gasteiger charge is -2.05. The summed E-state index contributed by atoms with van der Waals surface area (Å²) in [6, 6.07) is 3.13. The Morgan fingerprint density at radius 2 is 2.15 bits per heavy atom. The van der Waals surface area contributed by atoms with Gasteiger partial charge in [-0.25, -0.2) is 0 Å². The van der Waals surface area contributed by atoms with Gasteiger partial charge in [0.25, 0.3) is 5.69 Å². The van der Waals surface area contributed by atoms with Crippen molar-refractivity contribution in [1.29, 1.82) is 0 Å². The third-order valence-electron chi connectivity index (χ3n) is 1.77. The molecule has 0 fully saturated rings. The predicted octanol–water partition coefficient (Wildman–Crippen LogP) is 0.739. The van der Waals surface area contributed by atoms with Gasteiger partial charge in [-0.15, -0.1) is 0 Å². The summed E-state index contributed by atoms with van der Waals surface area (Å²) in [5.74, 6) is 0. The maximum Gasteiger partial charge on any atom is 0.295 e. The molecule has 13 heavy (non-hydrogen) atoms. The zero-order valence-electron chi connectivity index (χ0n) is 7.50. The first-order chi connectivity index (χ1) is 6.06. The second kappa shape index (κ2) is 3.47. The molecule has 0 heterocycles. The number of anilines is 1. The van der Waals surface area contributed by atoms with Gasteiger partial charge in [-0.05, 0) is 13.0 Å². The summed E-state index contributed by atoms with van der Waals surface area (Å²) in [4.78, 5) is 10.2. The van der Waals surface area contributed by atoms with Gasteiger partial charge >= 0.3 is 0 Å². The van der Waals surface area contributed by atoms with Gasteiger partial charge in [0.15, 0.2) is 0 Å². The fourth-order valence-electron chi connectivity index (χ4n) is 1.24. The van der Waals surface area contributed by atoms with Crippen molar-refractivity contribution in [2.24, 2.45) is 0 Å². The minimum atomic E-state index is -0.416. The molecule has 1 N–H and O–H groups in total. The van der Waals surface area contributed by atoms with Crippen LogP contribution in [0.15, 0.2) is 12.1 Å². The van der Waals surface area contributed by atoms with E-state index in [0.29, 0.717) is 16.7 Å². The smallest absolute Gasteiger partial charge is 0.295 e. The molecule has 0 spiro atoms. The predicted molar refractivity (Wildman–Crippen MR) is 52.8 cm³/mol. The monoisotopic (exact) mass is 176 g/mol. The Hall–Kier alpha value is -1.52. The molecule has 0 aliphatic heterocycles. The highest BCUT2D eigenvalue weighted by molar-refractivity contribution is 6.32. The Morgan fingerprint density at radius 1 is 1.54 bits per heavy atom. The van der Waals surface area contributed by atoms with Crippen LogP contribution in [0.1, 0.15) is 5.56 Å². The summed E-state index contributed by atoms with van der Waals surface area (Å²) < 4.78 is 0. The van der Waals surface area contributed by atoms with E-state index in [0.717, 1.165) is 0 Å². The molecule has 1 rings (SSSR count). The second-order valence-electron chi connectivity index (χ2n) is 2.74. The van der Waals surface area contributed by atoms with Gasteiger partial charge in [0.05, 0.1) is 4.92 Å². The molecule has 0 bridgehead atoms. The maximum absolute atomic E-state index is 10.6. The Balaban J connectivity index is 3.38. The quantitative estimate of drug-likeness (QED) is 0.410. The van der Waals surface area contributed by atoms with Crippen LogP contribution in [-0.4, -0.2) is 19.8 Å². The fourth-order valence-corrected chi connectivity index (χ4v) is 1.24. The van der Waals surface area contributed by atoms with Crippen molar-refractivity contribution in [3.63, 3.8) is 0 Å². The SMILES string of the molecule is [B]c1cc(C)c([N+](=O)[O-])c(NC)c1. The molecule has 0 saturated heterocycles. The number of nitro benzene ring substituents is 1. The van der Waals surface area contributed by atoms with Gasteiger partial charge in [0, 0.05) is 12.6 Å². The Bertz CT molecular complexity index is 352. The average molecular weight is 176 g/mol. The number of aryl methyl sites for hydroxylation is 1. The zero-order valence-corrected chi connectivity index (χ0v) is 7.50. The summed E-state index contributed by atoms with van der Waals surface area (Å²) in [7, 11) is 7.17. The van der Waals surface area contributed by atoms with E-state index in [4.69, 9.17) is 7.85 Å². The van der Waals surface area contributed by atoms with Crippen molar-refractivity contribution in [3.05, 3.63) is 27.8 Å². The van der Waals surface area contributed by atoms with E-state index in [1.807, 2.05) is 0 Å². The van der Waals surface area contributed by atoms with Crippen LogP contribution in [0.3, 0.4) is 0 Å². The first-order valence-electron chi connectivity index (χ1n) is 3.78. The van der Waals surface area contributed by atoms with Gasteiger partial charge in [-0.1, -0.05) is 11.5 Å². The third-order valence-corrected chi connectivity index (χ3v) is 1.77. The zero-order chi connectivity index (χ0) is 10.0. The van der Waals surface area contributed by atoms with Crippen LogP contribution in [0.2, 0.25) is 0 Å². The van der Waals surface area contributed by atoms with Crippen LogP contribution in [0.25, 0.3) is 0 Å². The van der Waals surface area contributed by atoms with Crippen LogP contribution in [0.4, 0.5) is 11.4 Å². The molecule has 4 nitrogen and oxygen atoms in total.